The van der Waals surface area contributed by atoms with Gasteiger partial charge in [-0.15, -0.1) is 0 Å². The predicted molar refractivity (Wildman–Crippen MR) is 105 cm³/mol. The van der Waals surface area contributed by atoms with Crippen LogP contribution in [0.5, 0.6) is 0 Å². The van der Waals surface area contributed by atoms with Crippen LogP contribution in [0.25, 0.3) is 0 Å². The molecule has 3 heteroatoms. The maximum atomic E-state index is 11.3. The van der Waals surface area contributed by atoms with Crippen LogP contribution >= 0.6 is 0 Å². The Labute approximate surface area is 156 Å². The number of rotatable bonds is 4. The lowest BCUT2D eigenvalue weighted by Crippen LogP contribution is -2.48. The average molecular weight is 348 g/mol. The zero-order valence-electron chi connectivity index (χ0n) is 15.7. The smallest absolute Gasteiger partial charge is 0.131 e. The Bertz CT molecular complexity index is 730. The molecule has 0 atom stereocenters. The van der Waals surface area contributed by atoms with Gasteiger partial charge in [-0.3, -0.25) is 9.69 Å². The van der Waals surface area contributed by atoms with Crippen molar-refractivity contribution in [2.24, 2.45) is 0 Å². The number of ketones is 1. The van der Waals surface area contributed by atoms with E-state index in [0.29, 0.717) is 18.2 Å². The molecule has 0 amide bonds. The lowest BCUT2D eigenvalue weighted by atomic mass is 9.92. The number of aryl methyl sites for hydroxylation is 2. The third-order valence-corrected chi connectivity index (χ3v) is 5.92. The van der Waals surface area contributed by atoms with Gasteiger partial charge in [0.1, 0.15) is 5.78 Å². The lowest BCUT2D eigenvalue weighted by Gasteiger charge is -2.40. The Balaban J connectivity index is 1.59. The summed E-state index contributed by atoms with van der Waals surface area (Å²) in [4.78, 5) is 16.4. The fourth-order valence-corrected chi connectivity index (χ4v) is 4.45. The van der Waals surface area contributed by atoms with Crippen molar-refractivity contribution in [2.75, 3.05) is 32.7 Å². The van der Waals surface area contributed by atoms with Crippen LogP contribution in [-0.2, 0) is 17.6 Å². The molecule has 2 aromatic rings. The molecule has 2 aromatic carbocycles. The third-order valence-electron chi connectivity index (χ3n) is 5.92. The molecular weight excluding hydrogens is 320 g/mol. The summed E-state index contributed by atoms with van der Waals surface area (Å²) in [5.41, 5.74) is 5.95. The van der Waals surface area contributed by atoms with E-state index in [1.807, 2.05) is 0 Å². The molecule has 0 unspecified atom stereocenters. The first-order valence-electron chi connectivity index (χ1n) is 9.84. The maximum Gasteiger partial charge on any atom is 0.131 e. The normalized spacial score (nSPS) is 18.8. The summed E-state index contributed by atoms with van der Waals surface area (Å²) in [5.74, 6) is 0.291. The molecule has 0 N–H and O–H groups in total. The summed E-state index contributed by atoms with van der Waals surface area (Å²) in [7, 11) is 0. The molecule has 1 heterocycles. The van der Waals surface area contributed by atoms with Crippen LogP contribution in [0.15, 0.2) is 48.5 Å². The fourth-order valence-electron chi connectivity index (χ4n) is 4.45. The Hall–Kier alpha value is -1.97. The largest absolute Gasteiger partial charge is 0.300 e. The van der Waals surface area contributed by atoms with Crippen LogP contribution in [0.3, 0.4) is 0 Å². The van der Waals surface area contributed by atoms with Crippen molar-refractivity contribution >= 4 is 5.78 Å². The summed E-state index contributed by atoms with van der Waals surface area (Å²) in [5, 5.41) is 0. The van der Waals surface area contributed by atoms with Gasteiger partial charge >= 0.3 is 0 Å². The minimum Gasteiger partial charge on any atom is -0.300 e. The molecule has 1 aliphatic heterocycles. The maximum absolute atomic E-state index is 11.3. The zero-order chi connectivity index (χ0) is 17.9. The van der Waals surface area contributed by atoms with Gasteiger partial charge in [-0.1, -0.05) is 48.5 Å². The number of hydrogen-bond donors (Lipinski definition) is 0. The quantitative estimate of drug-likeness (QED) is 0.845. The van der Waals surface area contributed by atoms with Crippen LogP contribution < -0.4 is 0 Å². The molecule has 0 spiro atoms. The second kappa shape index (κ2) is 7.73. The Morgan fingerprint density at radius 2 is 1.42 bits per heavy atom. The van der Waals surface area contributed by atoms with Gasteiger partial charge in [0, 0.05) is 39.1 Å². The van der Waals surface area contributed by atoms with Crippen molar-refractivity contribution in [1.82, 2.24) is 9.80 Å². The molecule has 4 rings (SSSR count). The van der Waals surface area contributed by atoms with E-state index in [2.05, 4.69) is 58.3 Å². The van der Waals surface area contributed by atoms with Crippen molar-refractivity contribution in [3.63, 3.8) is 0 Å². The van der Waals surface area contributed by atoms with Crippen molar-refractivity contribution in [2.45, 2.75) is 32.2 Å². The molecule has 2 aliphatic rings. The van der Waals surface area contributed by atoms with Gasteiger partial charge in [-0.25, -0.2) is 0 Å². The van der Waals surface area contributed by atoms with Gasteiger partial charge in [-0.2, -0.15) is 0 Å². The first kappa shape index (κ1) is 17.4. The average Bonchev–Trinajstić information content (AvgIpc) is 2.84. The van der Waals surface area contributed by atoms with Gasteiger partial charge < -0.3 is 4.90 Å². The molecule has 1 aliphatic carbocycles. The molecule has 26 heavy (non-hydrogen) atoms. The molecule has 136 valence electrons. The van der Waals surface area contributed by atoms with Crippen LogP contribution in [0, 0.1) is 0 Å². The van der Waals surface area contributed by atoms with E-state index >= 15 is 0 Å². The topological polar surface area (TPSA) is 23.6 Å². The number of nitrogens with zero attached hydrogens (tertiary/aromatic N) is 2. The standard InChI is InChI=1S/C23H28N2O/c1-18(26)12-13-24-14-16-25(17-15-24)23-21-8-4-2-6-19(21)10-11-20-7-3-5-9-22(20)23/h2-9,23H,10-17H2,1H3. The van der Waals surface area contributed by atoms with Crippen molar-refractivity contribution in [3.05, 3.63) is 70.8 Å². The first-order valence-corrected chi connectivity index (χ1v) is 9.84. The number of fused-ring (bicyclic) bond motifs is 2. The van der Waals surface area contributed by atoms with Crippen molar-refractivity contribution < 1.29 is 4.79 Å². The first-order chi connectivity index (χ1) is 12.7. The Morgan fingerprint density at radius 3 is 1.96 bits per heavy atom. The van der Waals surface area contributed by atoms with Crippen molar-refractivity contribution in [3.8, 4) is 0 Å². The van der Waals surface area contributed by atoms with E-state index in [-0.39, 0.29) is 0 Å². The number of benzene rings is 2. The van der Waals surface area contributed by atoms with Gasteiger partial charge in [0.2, 0.25) is 0 Å². The Morgan fingerprint density at radius 1 is 0.885 bits per heavy atom. The summed E-state index contributed by atoms with van der Waals surface area (Å²) >= 11 is 0. The second-order valence-corrected chi connectivity index (χ2v) is 7.63. The fraction of sp³-hybridized carbons (Fsp3) is 0.435. The summed E-state index contributed by atoms with van der Waals surface area (Å²) < 4.78 is 0. The molecule has 3 nitrogen and oxygen atoms in total. The van der Waals surface area contributed by atoms with Crippen LogP contribution in [0.1, 0.15) is 41.6 Å². The van der Waals surface area contributed by atoms with Gasteiger partial charge in [0.25, 0.3) is 0 Å². The third kappa shape index (κ3) is 3.60. The highest BCUT2D eigenvalue weighted by Gasteiger charge is 2.30. The second-order valence-electron chi connectivity index (χ2n) is 7.63. The lowest BCUT2D eigenvalue weighted by molar-refractivity contribution is -0.117. The minimum absolute atomic E-state index is 0.291. The molecule has 1 saturated heterocycles. The van der Waals surface area contributed by atoms with E-state index in [0.717, 1.165) is 45.6 Å². The molecule has 0 bridgehead atoms. The van der Waals surface area contributed by atoms with E-state index in [4.69, 9.17) is 0 Å². The van der Waals surface area contributed by atoms with Crippen LogP contribution in [0.4, 0.5) is 0 Å². The molecular formula is C23H28N2O. The molecule has 0 radical (unpaired) electrons. The number of piperazine rings is 1. The highest BCUT2D eigenvalue weighted by atomic mass is 16.1. The zero-order valence-corrected chi connectivity index (χ0v) is 15.7. The van der Waals surface area contributed by atoms with Crippen LogP contribution in [-0.4, -0.2) is 48.3 Å². The highest BCUT2D eigenvalue weighted by Crippen LogP contribution is 2.37. The van der Waals surface area contributed by atoms with Crippen molar-refractivity contribution in [1.29, 1.82) is 0 Å². The summed E-state index contributed by atoms with van der Waals surface area (Å²) in [6.45, 7) is 6.81. The van der Waals surface area contributed by atoms with E-state index < -0.39 is 0 Å². The molecule has 0 saturated carbocycles. The summed E-state index contributed by atoms with van der Waals surface area (Å²) in [6, 6.07) is 18.3. The highest BCUT2D eigenvalue weighted by molar-refractivity contribution is 5.75. The number of carbonyl (C=O) groups is 1. The monoisotopic (exact) mass is 348 g/mol. The minimum atomic E-state index is 0.291. The van der Waals surface area contributed by atoms with Crippen LogP contribution in [0.2, 0.25) is 0 Å². The predicted octanol–water partition coefficient (Wildman–Crippen LogP) is 3.47. The van der Waals surface area contributed by atoms with Gasteiger partial charge in [0.05, 0.1) is 6.04 Å². The molecule has 1 fully saturated rings. The summed E-state index contributed by atoms with van der Waals surface area (Å²) in [6.07, 6.45) is 2.93. The van der Waals surface area contributed by atoms with Gasteiger partial charge in [-0.05, 0) is 42.0 Å². The van der Waals surface area contributed by atoms with E-state index in [1.165, 1.54) is 22.3 Å². The number of carbonyl (C=O) groups excluding carboxylic acids is 1. The number of hydrogen-bond acceptors (Lipinski definition) is 3. The number of Topliss-reactive ketones (excluding diaryl/α,β-unsaturated/α-hetero) is 1. The van der Waals surface area contributed by atoms with Gasteiger partial charge in [0.15, 0.2) is 0 Å². The van der Waals surface area contributed by atoms with E-state index in [1.54, 1.807) is 6.92 Å². The SMILES string of the molecule is CC(=O)CCN1CCN(C2c3ccccc3CCc3ccccc32)CC1. The Kier molecular flexibility index (Phi) is 5.18. The molecule has 0 aromatic heterocycles. The van der Waals surface area contributed by atoms with E-state index in [9.17, 15) is 4.79 Å².